The Labute approximate surface area is 201 Å². The van der Waals surface area contributed by atoms with E-state index in [1.807, 2.05) is 13.8 Å². The predicted octanol–water partition coefficient (Wildman–Crippen LogP) is 4.71. The number of nitrogens with one attached hydrogen (secondary N) is 2. The third-order valence-electron chi connectivity index (χ3n) is 4.05. The average Bonchev–Trinajstić information content (AvgIpc) is 2.77. The van der Waals surface area contributed by atoms with Crippen LogP contribution in [0.15, 0.2) is 42.5 Å². The molecule has 0 atom stereocenters. The SMILES string of the molecule is CC(C)COC(=O)c1cccc(NC(=O)CCC(=O)OCC(=O)Nc2cc(Cl)ccc2Cl)c1. The molecule has 2 rings (SSSR count). The van der Waals surface area contributed by atoms with Gasteiger partial charge in [-0.3, -0.25) is 14.4 Å². The van der Waals surface area contributed by atoms with E-state index in [1.165, 1.54) is 18.2 Å². The van der Waals surface area contributed by atoms with E-state index in [0.29, 0.717) is 28.6 Å². The Morgan fingerprint density at radius 3 is 2.39 bits per heavy atom. The van der Waals surface area contributed by atoms with Crippen LogP contribution in [-0.2, 0) is 23.9 Å². The fraction of sp³-hybridized carbons (Fsp3) is 0.304. The Kier molecular flexibility index (Phi) is 10.2. The Hall–Kier alpha value is -3.10. The highest BCUT2D eigenvalue weighted by atomic mass is 35.5. The monoisotopic (exact) mass is 494 g/mol. The van der Waals surface area contributed by atoms with E-state index in [4.69, 9.17) is 32.7 Å². The average molecular weight is 495 g/mol. The highest BCUT2D eigenvalue weighted by Crippen LogP contribution is 2.25. The molecule has 2 aromatic rings. The minimum Gasteiger partial charge on any atom is -0.462 e. The summed E-state index contributed by atoms with van der Waals surface area (Å²) in [5.74, 6) is -2.05. The van der Waals surface area contributed by atoms with Crippen molar-refractivity contribution in [1.29, 1.82) is 0 Å². The van der Waals surface area contributed by atoms with Gasteiger partial charge in [0.05, 0.1) is 29.3 Å². The molecule has 0 aromatic heterocycles. The van der Waals surface area contributed by atoms with Crippen molar-refractivity contribution in [2.45, 2.75) is 26.7 Å². The second kappa shape index (κ2) is 12.8. The van der Waals surface area contributed by atoms with Crippen molar-refractivity contribution >= 4 is 58.3 Å². The van der Waals surface area contributed by atoms with Crippen LogP contribution in [0.4, 0.5) is 11.4 Å². The molecule has 2 aromatic carbocycles. The van der Waals surface area contributed by atoms with Crippen LogP contribution in [0.3, 0.4) is 0 Å². The number of anilines is 2. The zero-order chi connectivity index (χ0) is 24.4. The lowest BCUT2D eigenvalue weighted by molar-refractivity contribution is -0.147. The van der Waals surface area contributed by atoms with Gasteiger partial charge in [-0.15, -0.1) is 0 Å². The van der Waals surface area contributed by atoms with Gasteiger partial charge in [0.25, 0.3) is 5.91 Å². The Morgan fingerprint density at radius 2 is 1.67 bits per heavy atom. The third kappa shape index (κ3) is 9.51. The molecule has 176 valence electrons. The summed E-state index contributed by atoms with van der Waals surface area (Å²) in [6.07, 6.45) is -0.393. The van der Waals surface area contributed by atoms with Gasteiger partial charge in [-0.1, -0.05) is 43.1 Å². The minimum absolute atomic E-state index is 0.164. The van der Waals surface area contributed by atoms with Gasteiger partial charge in [0.2, 0.25) is 5.91 Å². The van der Waals surface area contributed by atoms with Gasteiger partial charge >= 0.3 is 11.9 Å². The molecule has 0 aliphatic carbocycles. The molecule has 0 saturated carbocycles. The van der Waals surface area contributed by atoms with Gasteiger partial charge in [-0.05, 0) is 42.3 Å². The summed E-state index contributed by atoms with van der Waals surface area (Å²) in [5, 5.41) is 5.76. The maximum absolute atomic E-state index is 12.1. The van der Waals surface area contributed by atoms with E-state index in [-0.39, 0.29) is 23.8 Å². The summed E-state index contributed by atoms with van der Waals surface area (Å²) in [4.78, 5) is 47.9. The van der Waals surface area contributed by atoms with Crippen LogP contribution in [0.2, 0.25) is 10.0 Å². The Morgan fingerprint density at radius 1 is 0.909 bits per heavy atom. The first-order valence-electron chi connectivity index (χ1n) is 10.1. The molecule has 2 N–H and O–H groups in total. The number of ether oxygens (including phenoxy) is 2. The first kappa shape index (κ1) is 26.2. The van der Waals surface area contributed by atoms with Crippen molar-refractivity contribution in [1.82, 2.24) is 0 Å². The van der Waals surface area contributed by atoms with Crippen molar-refractivity contribution < 1.29 is 28.7 Å². The number of rotatable bonds is 10. The Bertz CT molecular complexity index is 1030. The number of amides is 2. The van der Waals surface area contributed by atoms with E-state index in [2.05, 4.69) is 10.6 Å². The van der Waals surface area contributed by atoms with Crippen LogP contribution in [0.25, 0.3) is 0 Å². The van der Waals surface area contributed by atoms with Crippen molar-refractivity contribution in [3.8, 4) is 0 Å². The summed E-state index contributed by atoms with van der Waals surface area (Å²) in [6, 6.07) is 10.9. The molecule has 0 bridgehead atoms. The third-order valence-corrected chi connectivity index (χ3v) is 4.62. The lowest BCUT2D eigenvalue weighted by Gasteiger charge is -2.10. The van der Waals surface area contributed by atoms with E-state index < -0.39 is 30.4 Å². The van der Waals surface area contributed by atoms with Crippen molar-refractivity contribution in [3.63, 3.8) is 0 Å². The summed E-state index contributed by atoms with van der Waals surface area (Å²) in [5.41, 5.74) is 0.990. The highest BCUT2D eigenvalue weighted by Gasteiger charge is 2.13. The molecule has 0 unspecified atom stereocenters. The lowest BCUT2D eigenvalue weighted by atomic mass is 10.2. The number of benzene rings is 2. The van der Waals surface area contributed by atoms with Crippen LogP contribution in [0.1, 0.15) is 37.0 Å². The molecule has 0 saturated heterocycles. The predicted molar refractivity (Wildman–Crippen MR) is 125 cm³/mol. The maximum atomic E-state index is 12.1. The molecule has 10 heteroatoms. The lowest BCUT2D eigenvalue weighted by Crippen LogP contribution is -2.22. The molecule has 0 aliphatic heterocycles. The zero-order valence-corrected chi connectivity index (χ0v) is 19.7. The number of carbonyl (C=O) groups is 4. The molecule has 0 aliphatic rings. The van der Waals surface area contributed by atoms with Gasteiger partial charge in [-0.2, -0.15) is 0 Å². The van der Waals surface area contributed by atoms with Crippen LogP contribution < -0.4 is 10.6 Å². The zero-order valence-electron chi connectivity index (χ0n) is 18.2. The minimum atomic E-state index is -0.719. The number of hydrogen-bond acceptors (Lipinski definition) is 6. The van der Waals surface area contributed by atoms with Gasteiger partial charge in [-0.25, -0.2) is 4.79 Å². The van der Waals surface area contributed by atoms with Crippen LogP contribution >= 0.6 is 23.2 Å². The largest absolute Gasteiger partial charge is 0.462 e. The first-order chi connectivity index (χ1) is 15.6. The highest BCUT2D eigenvalue weighted by molar-refractivity contribution is 6.35. The molecule has 0 heterocycles. The summed E-state index contributed by atoms with van der Waals surface area (Å²) in [6.45, 7) is 3.61. The van der Waals surface area contributed by atoms with Crippen LogP contribution in [0, 0.1) is 5.92 Å². The van der Waals surface area contributed by atoms with Crippen LogP contribution in [-0.4, -0.2) is 37.0 Å². The van der Waals surface area contributed by atoms with Crippen LogP contribution in [0.5, 0.6) is 0 Å². The number of hydrogen-bond donors (Lipinski definition) is 2. The van der Waals surface area contributed by atoms with Gasteiger partial charge in [0, 0.05) is 17.1 Å². The molecular weight excluding hydrogens is 471 g/mol. The smallest absolute Gasteiger partial charge is 0.338 e. The van der Waals surface area contributed by atoms with E-state index >= 15 is 0 Å². The fourth-order valence-corrected chi connectivity index (χ4v) is 2.82. The van der Waals surface area contributed by atoms with Gasteiger partial charge in [0.1, 0.15) is 0 Å². The normalized spacial score (nSPS) is 10.5. The first-order valence-corrected chi connectivity index (χ1v) is 10.9. The molecule has 8 nitrogen and oxygen atoms in total. The van der Waals surface area contributed by atoms with E-state index in [0.717, 1.165) is 0 Å². The molecule has 0 spiro atoms. The maximum Gasteiger partial charge on any atom is 0.338 e. The van der Waals surface area contributed by atoms with Gasteiger partial charge < -0.3 is 20.1 Å². The van der Waals surface area contributed by atoms with Crippen molar-refractivity contribution in [2.75, 3.05) is 23.8 Å². The number of carbonyl (C=O) groups excluding carboxylic acids is 4. The number of esters is 2. The molecular formula is C23H24Cl2N2O6. The molecule has 0 fully saturated rings. The standard InChI is InChI=1S/C23H24Cl2N2O6/c1-14(2)12-33-23(31)15-4-3-5-17(10-15)26-20(28)8-9-22(30)32-13-21(29)27-19-11-16(24)6-7-18(19)25/h3-7,10-11,14H,8-9,12-13H2,1-2H3,(H,26,28)(H,27,29). The molecule has 0 radical (unpaired) electrons. The topological polar surface area (TPSA) is 111 Å². The summed E-state index contributed by atoms with van der Waals surface area (Å²) < 4.78 is 10.0. The fourth-order valence-electron chi connectivity index (χ4n) is 2.49. The van der Waals surface area contributed by atoms with Gasteiger partial charge in [0.15, 0.2) is 6.61 Å². The molecule has 33 heavy (non-hydrogen) atoms. The summed E-state index contributed by atoms with van der Waals surface area (Å²) in [7, 11) is 0. The van der Waals surface area contributed by atoms with E-state index in [1.54, 1.807) is 24.3 Å². The summed E-state index contributed by atoms with van der Waals surface area (Å²) >= 11 is 11.8. The molecule has 2 amide bonds. The quantitative estimate of drug-likeness (QED) is 0.462. The number of halogens is 2. The van der Waals surface area contributed by atoms with E-state index in [9.17, 15) is 19.2 Å². The second-order valence-corrected chi connectivity index (χ2v) is 8.30. The second-order valence-electron chi connectivity index (χ2n) is 7.45. The Balaban J connectivity index is 1.75. The van der Waals surface area contributed by atoms with Crippen molar-refractivity contribution in [3.05, 3.63) is 58.1 Å². The van der Waals surface area contributed by atoms with Crippen molar-refractivity contribution in [2.24, 2.45) is 5.92 Å².